The number of nitrogens with zero attached hydrogens (tertiary/aromatic N) is 2. The van der Waals surface area contributed by atoms with Gasteiger partial charge in [0.25, 0.3) is 0 Å². The first-order chi connectivity index (χ1) is 11.0. The van der Waals surface area contributed by atoms with Crippen molar-refractivity contribution >= 4 is 33.2 Å². The molecule has 1 amide bonds. The molecule has 0 saturated carbocycles. The van der Waals surface area contributed by atoms with Crippen LogP contribution in [0.25, 0.3) is 5.69 Å². The van der Waals surface area contributed by atoms with E-state index < -0.39 is 9.84 Å². The highest BCUT2D eigenvalue weighted by atomic mass is 32.2. The summed E-state index contributed by atoms with van der Waals surface area (Å²) in [5.41, 5.74) is 1.56. The molecule has 0 radical (unpaired) electrons. The van der Waals surface area contributed by atoms with Gasteiger partial charge in [-0.25, -0.2) is 13.1 Å². The molecule has 122 valence electrons. The van der Waals surface area contributed by atoms with Gasteiger partial charge in [0.1, 0.15) is 0 Å². The fourth-order valence-corrected chi connectivity index (χ4v) is 5.87. The first kappa shape index (κ1) is 16.1. The molecule has 3 rings (SSSR count). The quantitative estimate of drug-likeness (QED) is 0.887. The molecular weight excluding hydrogens is 334 g/mol. The molecule has 6 nitrogen and oxygen atoms in total. The second kappa shape index (κ2) is 6.76. The van der Waals surface area contributed by atoms with Gasteiger partial charge >= 0.3 is 0 Å². The van der Waals surface area contributed by atoms with E-state index in [9.17, 15) is 13.2 Å². The number of hydrogen-bond acceptors (Lipinski definition) is 5. The zero-order valence-electron chi connectivity index (χ0n) is 12.4. The van der Waals surface area contributed by atoms with Crippen LogP contribution in [0.15, 0.2) is 42.7 Å². The summed E-state index contributed by atoms with van der Waals surface area (Å²) in [7, 11) is -2.90. The molecule has 1 N–H and O–H groups in total. The summed E-state index contributed by atoms with van der Waals surface area (Å²) >= 11 is 1.41. The van der Waals surface area contributed by atoms with Gasteiger partial charge < -0.3 is 5.32 Å². The smallest absolute Gasteiger partial charge is 0.234 e. The van der Waals surface area contributed by atoms with Crippen molar-refractivity contribution in [2.24, 2.45) is 0 Å². The van der Waals surface area contributed by atoms with E-state index in [1.54, 1.807) is 10.9 Å². The Labute approximate surface area is 139 Å². The molecule has 1 aromatic heterocycles. The maximum atomic E-state index is 12.0. The number of nitrogens with one attached hydrogen (secondary N) is 1. The van der Waals surface area contributed by atoms with Crippen molar-refractivity contribution in [2.75, 3.05) is 22.6 Å². The topological polar surface area (TPSA) is 81.1 Å². The molecule has 1 aliphatic heterocycles. The number of hydrogen-bond donors (Lipinski definition) is 1. The minimum atomic E-state index is -2.90. The van der Waals surface area contributed by atoms with Gasteiger partial charge in [0.2, 0.25) is 5.91 Å². The summed E-state index contributed by atoms with van der Waals surface area (Å²) in [6, 6.07) is 9.24. The van der Waals surface area contributed by atoms with E-state index in [0.29, 0.717) is 12.1 Å². The Kier molecular flexibility index (Phi) is 4.72. The minimum Gasteiger partial charge on any atom is -0.325 e. The summed E-state index contributed by atoms with van der Waals surface area (Å²) in [5, 5.41) is 7.02. The predicted molar refractivity (Wildman–Crippen MR) is 91.7 cm³/mol. The molecule has 0 aliphatic carbocycles. The Bertz CT molecular complexity index is 788. The number of aromatic nitrogens is 2. The molecule has 1 aromatic carbocycles. The average molecular weight is 351 g/mol. The molecule has 1 fully saturated rings. The maximum Gasteiger partial charge on any atom is 0.234 e. The van der Waals surface area contributed by atoms with Crippen LogP contribution in [0, 0.1) is 0 Å². The standard InChI is InChI=1S/C15H17N3O3S2/c19-15(10-22-14-5-8-23(20,21)11-14)17-12-3-1-4-13(9-12)18-7-2-6-16-18/h1-4,6-7,9,14H,5,8,10-11H2,(H,17,19). The Morgan fingerprint density at radius 1 is 1.39 bits per heavy atom. The Morgan fingerprint density at radius 3 is 2.96 bits per heavy atom. The Morgan fingerprint density at radius 2 is 2.26 bits per heavy atom. The van der Waals surface area contributed by atoms with Crippen molar-refractivity contribution in [1.29, 1.82) is 0 Å². The molecule has 2 heterocycles. The van der Waals surface area contributed by atoms with E-state index >= 15 is 0 Å². The van der Waals surface area contributed by atoms with E-state index in [4.69, 9.17) is 0 Å². The van der Waals surface area contributed by atoms with Crippen LogP contribution in [0.1, 0.15) is 6.42 Å². The van der Waals surface area contributed by atoms with E-state index in [1.165, 1.54) is 11.8 Å². The summed E-state index contributed by atoms with van der Waals surface area (Å²) in [6.45, 7) is 0. The van der Waals surface area contributed by atoms with Gasteiger partial charge in [0, 0.05) is 23.3 Å². The minimum absolute atomic E-state index is 0.0289. The van der Waals surface area contributed by atoms with Crippen LogP contribution in [-0.2, 0) is 14.6 Å². The van der Waals surface area contributed by atoms with Gasteiger partial charge in [-0.05, 0) is 30.7 Å². The van der Waals surface area contributed by atoms with E-state index in [0.717, 1.165) is 5.69 Å². The molecule has 1 atom stereocenters. The van der Waals surface area contributed by atoms with Gasteiger partial charge in [0.15, 0.2) is 9.84 Å². The van der Waals surface area contributed by atoms with Crippen LogP contribution in [0.4, 0.5) is 5.69 Å². The monoisotopic (exact) mass is 351 g/mol. The molecule has 0 bridgehead atoms. The van der Waals surface area contributed by atoms with E-state index in [1.807, 2.05) is 36.5 Å². The highest BCUT2D eigenvalue weighted by molar-refractivity contribution is 8.02. The number of carbonyl (C=O) groups is 1. The van der Waals surface area contributed by atoms with Crippen molar-refractivity contribution in [2.45, 2.75) is 11.7 Å². The highest BCUT2D eigenvalue weighted by Gasteiger charge is 2.28. The SMILES string of the molecule is O=C(CSC1CCS(=O)(=O)C1)Nc1cccc(-n2cccn2)c1. The van der Waals surface area contributed by atoms with Crippen LogP contribution in [0.5, 0.6) is 0 Å². The Hall–Kier alpha value is -1.80. The number of benzene rings is 1. The number of rotatable bonds is 5. The summed E-state index contributed by atoms with van der Waals surface area (Å²) in [6.07, 6.45) is 4.16. The van der Waals surface area contributed by atoms with E-state index in [2.05, 4.69) is 10.4 Å². The van der Waals surface area contributed by atoms with Gasteiger partial charge in [-0.15, -0.1) is 11.8 Å². The first-order valence-corrected chi connectivity index (χ1v) is 10.1. The second-order valence-corrected chi connectivity index (χ2v) is 8.90. The van der Waals surface area contributed by atoms with Crippen molar-refractivity contribution in [3.05, 3.63) is 42.7 Å². The third-order valence-corrected chi connectivity index (χ3v) is 6.82. The zero-order valence-corrected chi connectivity index (χ0v) is 14.0. The van der Waals surface area contributed by atoms with Gasteiger partial charge in [-0.2, -0.15) is 5.10 Å². The van der Waals surface area contributed by atoms with E-state index in [-0.39, 0.29) is 28.4 Å². The summed E-state index contributed by atoms with van der Waals surface area (Å²) in [5.74, 6) is 0.543. The van der Waals surface area contributed by atoms with Gasteiger partial charge in [-0.1, -0.05) is 6.07 Å². The molecule has 0 spiro atoms. The van der Waals surface area contributed by atoms with Crippen molar-refractivity contribution in [3.63, 3.8) is 0 Å². The van der Waals surface area contributed by atoms with Crippen LogP contribution >= 0.6 is 11.8 Å². The normalized spacial score (nSPS) is 19.6. The summed E-state index contributed by atoms with van der Waals surface area (Å²) in [4.78, 5) is 12.0. The lowest BCUT2D eigenvalue weighted by Gasteiger charge is -2.09. The maximum absolute atomic E-state index is 12.0. The lowest BCUT2D eigenvalue weighted by atomic mass is 10.3. The van der Waals surface area contributed by atoms with Crippen LogP contribution < -0.4 is 5.32 Å². The third-order valence-electron chi connectivity index (χ3n) is 3.54. The fourth-order valence-electron chi connectivity index (χ4n) is 2.43. The number of anilines is 1. The number of carbonyl (C=O) groups excluding carboxylic acids is 1. The molecule has 1 unspecified atom stereocenters. The van der Waals surface area contributed by atoms with Crippen molar-refractivity contribution in [1.82, 2.24) is 9.78 Å². The zero-order chi connectivity index (χ0) is 16.3. The lowest BCUT2D eigenvalue weighted by Crippen LogP contribution is -2.17. The predicted octanol–water partition coefficient (Wildman–Crippen LogP) is 1.73. The molecule has 1 saturated heterocycles. The third kappa shape index (κ3) is 4.35. The lowest BCUT2D eigenvalue weighted by molar-refractivity contribution is -0.113. The average Bonchev–Trinajstić information content (AvgIpc) is 3.15. The largest absolute Gasteiger partial charge is 0.325 e. The van der Waals surface area contributed by atoms with Crippen LogP contribution in [-0.4, -0.2) is 46.6 Å². The highest BCUT2D eigenvalue weighted by Crippen LogP contribution is 2.24. The van der Waals surface area contributed by atoms with Gasteiger partial charge in [0.05, 0.1) is 22.9 Å². The number of sulfone groups is 1. The van der Waals surface area contributed by atoms with Crippen molar-refractivity contribution < 1.29 is 13.2 Å². The fraction of sp³-hybridized carbons (Fsp3) is 0.333. The van der Waals surface area contributed by atoms with Gasteiger partial charge in [-0.3, -0.25) is 4.79 Å². The molecule has 2 aromatic rings. The summed E-state index contributed by atoms with van der Waals surface area (Å²) < 4.78 is 24.5. The molecule has 23 heavy (non-hydrogen) atoms. The number of amides is 1. The molecule has 8 heteroatoms. The first-order valence-electron chi connectivity index (χ1n) is 7.24. The van der Waals surface area contributed by atoms with Crippen molar-refractivity contribution in [3.8, 4) is 5.69 Å². The van der Waals surface area contributed by atoms with Crippen LogP contribution in [0.3, 0.4) is 0 Å². The number of thioether (sulfide) groups is 1. The molecular formula is C15H17N3O3S2. The second-order valence-electron chi connectivity index (χ2n) is 5.39. The molecule has 1 aliphatic rings. The Balaban J connectivity index is 1.55. The van der Waals surface area contributed by atoms with Crippen LogP contribution in [0.2, 0.25) is 0 Å².